The van der Waals surface area contributed by atoms with Crippen molar-refractivity contribution >= 4 is 29.1 Å². The number of amides is 1. The van der Waals surface area contributed by atoms with Crippen molar-refractivity contribution < 1.29 is 9.53 Å². The standard InChI is InChI=1S/C22H22Cl2N4O2/c1-30-17-8-6-16(7-9-17)28-14-20(22(29)26-27-11-3-2-4-12-27)25-21(28)18-10-5-15(23)13-19(18)24/h5-10,13-14H,2-4,11-12H2,1H3,(H,26,29). The summed E-state index contributed by atoms with van der Waals surface area (Å²) in [4.78, 5) is 17.5. The topological polar surface area (TPSA) is 59.4 Å². The number of nitrogens with one attached hydrogen (secondary N) is 1. The van der Waals surface area contributed by atoms with Gasteiger partial charge in [0.05, 0.1) is 12.1 Å². The van der Waals surface area contributed by atoms with Crippen LogP contribution in [0.25, 0.3) is 17.1 Å². The molecule has 2 heterocycles. The molecule has 1 aromatic heterocycles. The van der Waals surface area contributed by atoms with Crippen LogP contribution in [0.3, 0.4) is 0 Å². The van der Waals surface area contributed by atoms with Gasteiger partial charge in [-0.15, -0.1) is 0 Å². The zero-order valence-electron chi connectivity index (χ0n) is 16.6. The van der Waals surface area contributed by atoms with Gasteiger partial charge in [0.2, 0.25) is 0 Å². The number of nitrogens with zero attached hydrogens (tertiary/aromatic N) is 3. The number of carbonyl (C=O) groups excluding carboxylic acids is 1. The van der Waals surface area contributed by atoms with E-state index < -0.39 is 0 Å². The predicted molar refractivity (Wildman–Crippen MR) is 118 cm³/mol. The second-order valence-corrected chi connectivity index (χ2v) is 7.97. The highest BCUT2D eigenvalue weighted by Gasteiger charge is 2.21. The third-order valence-corrected chi connectivity index (χ3v) is 5.62. The molecule has 30 heavy (non-hydrogen) atoms. The van der Waals surface area contributed by atoms with Gasteiger partial charge in [0.25, 0.3) is 5.91 Å². The maximum Gasteiger partial charge on any atom is 0.285 e. The third-order valence-electron chi connectivity index (χ3n) is 5.08. The van der Waals surface area contributed by atoms with Gasteiger partial charge in [-0.25, -0.2) is 9.99 Å². The lowest BCUT2D eigenvalue weighted by molar-refractivity contribution is 0.0745. The lowest BCUT2D eigenvalue weighted by Gasteiger charge is -2.26. The molecule has 1 N–H and O–H groups in total. The molecule has 0 radical (unpaired) electrons. The third kappa shape index (κ3) is 4.46. The summed E-state index contributed by atoms with van der Waals surface area (Å²) in [5.74, 6) is 1.06. The van der Waals surface area contributed by atoms with Crippen LogP contribution in [0.15, 0.2) is 48.7 Å². The average molecular weight is 445 g/mol. The number of methoxy groups -OCH3 is 1. The van der Waals surface area contributed by atoms with Crippen molar-refractivity contribution in [2.75, 3.05) is 20.2 Å². The number of imidazole rings is 1. The zero-order chi connectivity index (χ0) is 21.1. The summed E-state index contributed by atoms with van der Waals surface area (Å²) in [7, 11) is 1.62. The Balaban J connectivity index is 1.73. The zero-order valence-corrected chi connectivity index (χ0v) is 18.1. The highest BCUT2D eigenvalue weighted by Crippen LogP contribution is 2.32. The Morgan fingerprint density at radius 3 is 2.47 bits per heavy atom. The Kier molecular flexibility index (Phi) is 6.27. The van der Waals surface area contributed by atoms with Gasteiger partial charge in [-0.3, -0.25) is 14.8 Å². The van der Waals surface area contributed by atoms with Gasteiger partial charge in [-0.1, -0.05) is 29.6 Å². The van der Waals surface area contributed by atoms with Crippen LogP contribution in [0.4, 0.5) is 0 Å². The Bertz CT molecular complexity index is 1040. The van der Waals surface area contributed by atoms with Crippen LogP contribution >= 0.6 is 23.2 Å². The van der Waals surface area contributed by atoms with Crippen LogP contribution in [0.2, 0.25) is 10.0 Å². The molecule has 1 amide bonds. The number of halogens is 2. The van der Waals surface area contributed by atoms with Crippen molar-refractivity contribution in [2.45, 2.75) is 19.3 Å². The molecule has 1 aliphatic heterocycles. The Hall–Kier alpha value is -2.54. The van der Waals surface area contributed by atoms with Crippen molar-refractivity contribution in [3.05, 3.63) is 64.4 Å². The molecule has 0 bridgehead atoms. The van der Waals surface area contributed by atoms with E-state index in [9.17, 15) is 4.79 Å². The van der Waals surface area contributed by atoms with E-state index in [-0.39, 0.29) is 5.91 Å². The Labute approximate surface area is 185 Å². The molecule has 0 aliphatic carbocycles. The van der Waals surface area contributed by atoms with Gasteiger partial charge in [0.1, 0.15) is 17.3 Å². The highest BCUT2D eigenvalue weighted by atomic mass is 35.5. The highest BCUT2D eigenvalue weighted by molar-refractivity contribution is 6.36. The molecule has 1 aliphatic rings. The van der Waals surface area contributed by atoms with Gasteiger partial charge < -0.3 is 4.74 Å². The molecule has 0 atom stereocenters. The first kappa shape index (κ1) is 20.7. The largest absolute Gasteiger partial charge is 0.497 e. The normalized spacial score (nSPS) is 14.5. The summed E-state index contributed by atoms with van der Waals surface area (Å²) >= 11 is 12.5. The summed E-state index contributed by atoms with van der Waals surface area (Å²) < 4.78 is 7.10. The van der Waals surface area contributed by atoms with E-state index in [4.69, 9.17) is 27.9 Å². The first-order valence-corrected chi connectivity index (χ1v) is 10.6. The molecular formula is C22H22Cl2N4O2. The van der Waals surface area contributed by atoms with Crippen LogP contribution < -0.4 is 10.2 Å². The fourth-order valence-electron chi connectivity index (χ4n) is 3.50. The smallest absolute Gasteiger partial charge is 0.285 e. The number of hydrazine groups is 1. The average Bonchev–Trinajstić information content (AvgIpc) is 3.20. The molecule has 0 unspecified atom stereocenters. The molecule has 1 saturated heterocycles. The van der Waals surface area contributed by atoms with Crippen molar-refractivity contribution in [3.8, 4) is 22.8 Å². The number of benzene rings is 2. The summed E-state index contributed by atoms with van der Waals surface area (Å²) in [5.41, 5.74) is 4.81. The quantitative estimate of drug-likeness (QED) is 0.602. The minimum absolute atomic E-state index is 0.240. The molecule has 3 aromatic rings. The van der Waals surface area contributed by atoms with Crippen molar-refractivity contribution in [1.82, 2.24) is 20.0 Å². The van der Waals surface area contributed by atoms with Gasteiger partial charge in [-0.2, -0.15) is 0 Å². The van der Waals surface area contributed by atoms with Crippen LogP contribution in [-0.2, 0) is 0 Å². The molecule has 8 heteroatoms. The van der Waals surface area contributed by atoms with E-state index in [0.29, 0.717) is 27.1 Å². The second-order valence-electron chi connectivity index (χ2n) is 7.13. The molecule has 156 valence electrons. The second kappa shape index (κ2) is 9.08. The molecule has 6 nitrogen and oxygen atoms in total. The number of rotatable bonds is 5. The minimum atomic E-state index is -0.240. The van der Waals surface area contributed by atoms with Crippen LogP contribution in [0, 0.1) is 0 Å². The number of aromatic nitrogens is 2. The van der Waals surface area contributed by atoms with Crippen molar-refractivity contribution in [3.63, 3.8) is 0 Å². The maximum atomic E-state index is 12.9. The van der Waals surface area contributed by atoms with Crippen LogP contribution in [-0.4, -0.2) is 40.7 Å². The number of carbonyl (C=O) groups is 1. The molecule has 0 spiro atoms. The maximum absolute atomic E-state index is 12.9. The van der Waals surface area contributed by atoms with Gasteiger partial charge in [-0.05, 0) is 55.3 Å². The number of piperidine rings is 1. The van der Waals surface area contributed by atoms with Crippen LogP contribution in [0.1, 0.15) is 29.8 Å². The summed E-state index contributed by atoms with van der Waals surface area (Å²) in [6.45, 7) is 1.70. The van der Waals surface area contributed by atoms with E-state index in [1.54, 1.807) is 31.5 Å². The fraction of sp³-hybridized carbons (Fsp3) is 0.273. The molecule has 4 rings (SSSR count). The van der Waals surface area contributed by atoms with E-state index in [1.165, 1.54) is 6.42 Å². The summed E-state index contributed by atoms with van der Waals surface area (Å²) in [6.07, 6.45) is 5.07. The molecular weight excluding hydrogens is 423 g/mol. The van der Waals surface area contributed by atoms with Gasteiger partial charge in [0.15, 0.2) is 0 Å². The van der Waals surface area contributed by atoms with Gasteiger partial charge in [0, 0.05) is 35.6 Å². The first-order chi connectivity index (χ1) is 14.5. The number of ether oxygens (including phenoxy) is 1. The minimum Gasteiger partial charge on any atom is -0.497 e. The number of hydrogen-bond acceptors (Lipinski definition) is 4. The van der Waals surface area contributed by atoms with E-state index in [0.717, 1.165) is 37.4 Å². The lowest BCUT2D eigenvalue weighted by atomic mass is 10.2. The molecule has 2 aromatic carbocycles. The van der Waals surface area contributed by atoms with Crippen molar-refractivity contribution in [2.24, 2.45) is 0 Å². The van der Waals surface area contributed by atoms with E-state index in [1.807, 2.05) is 33.8 Å². The van der Waals surface area contributed by atoms with Crippen LogP contribution in [0.5, 0.6) is 5.75 Å². The van der Waals surface area contributed by atoms with Gasteiger partial charge >= 0.3 is 0 Å². The predicted octanol–water partition coefficient (Wildman–Crippen LogP) is 4.99. The summed E-state index contributed by atoms with van der Waals surface area (Å²) in [5, 5.41) is 2.95. The fourth-order valence-corrected chi connectivity index (χ4v) is 3.99. The SMILES string of the molecule is COc1ccc(-n2cc(C(=O)NN3CCCCC3)nc2-c2ccc(Cl)cc2Cl)cc1. The van der Waals surface area contributed by atoms with Crippen molar-refractivity contribution in [1.29, 1.82) is 0 Å². The monoisotopic (exact) mass is 444 g/mol. The Morgan fingerprint density at radius 2 is 1.80 bits per heavy atom. The Morgan fingerprint density at radius 1 is 1.07 bits per heavy atom. The molecule has 1 fully saturated rings. The lowest BCUT2D eigenvalue weighted by Crippen LogP contribution is -2.45. The number of hydrogen-bond donors (Lipinski definition) is 1. The summed E-state index contributed by atoms with van der Waals surface area (Å²) in [6, 6.07) is 12.7. The van der Waals surface area contributed by atoms with E-state index in [2.05, 4.69) is 10.4 Å². The molecule has 0 saturated carbocycles. The first-order valence-electron chi connectivity index (χ1n) is 9.80. The van der Waals surface area contributed by atoms with E-state index >= 15 is 0 Å².